The van der Waals surface area contributed by atoms with Gasteiger partial charge in [-0.15, -0.1) is 0 Å². The molecule has 4 rings (SSSR count). The number of hydrogen-bond donors (Lipinski definition) is 2. The molecule has 0 aliphatic rings. The van der Waals surface area contributed by atoms with Crippen molar-refractivity contribution in [2.45, 2.75) is 6.92 Å². The number of nitrogens with one attached hydrogen (secondary N) is 2. The van der Waals surface area contributed by atoms with Gasteiger partial charge in [-0.2, -0.15) is 0 Å². The minimum absolute atomic E-state index is 0.148. The molecule has 0 unspecified atom stereocenters. The van der Waals surface area contributed by atoms with Crippen LogP contribution in [0.15, 0.2) is 63.9 Å². The van der Waals surface area contributed by atoms with E-state index in [-0.39, 0.29) is 12.5 Å². The normalized spacial score (nSPS) is 11.0. The Balaban J connectivity index is 1.45. The average Bonchev–Trinajstić information content (AvgIpc) is 3.07. The van der Waals surface area contributed by atoms with Crippen LogP contribution < -0.4 is 15.7 Å². The van der Waals surface area contributed by atoms with E-state index in [2.05, 4.69) is 10.3 Å². The third-order valence-electron chi connectivity index (χ3n) is 4.13. The molecule has 2 aromatic heterocycles. The third kappa shape index (κ3) is 3.17. The molecule has 0 atom stereocenters. The van der Waals surface area contributed by atoms with E-state index in [0.29, 0.717) is 17.0 Å². The lowest BCUT2D eigenvalue weighted by molar-refractivity contribution is -0.118. The molecule has 0 saturated carbocycles. The van der Waals surface area contributed by atoms with E-state index < -0.39 is 5.63 Å². The van der Waals surface area contributed by atoms with Crippen molar-refractivity contribution >= 4 is 33.5 Å². The number of fused-ring (bicyclic) bond motifs is 2. The predicted molar refractivity (Wildman–Crippen MR) is 99.6 cm³/mol. The van der Waals surface area contributed by atoms with Crippen LogP contribution in [0.25, 0.3) is 21.9 Å². The number of aromatic amines is 1. The van der Waals surface area contributed by atoms with Gasteiger partial charge in [0.25, 0.3) is 5.91 Å². The lowest BCUT2D eigenvalue weighted by Gasteiger charge is -2.09. The molecule has 26 heavy (non-hydrogen) atoms. The summed E-state index contributed by atoms with van der Waals surface area (Å²) in [5.41, 5.74) is 2.49. The molecule has 2 aromatic carbocycles. The zero-order valence-corrected chi connectivity index (χ0v) is 14.0. The fraction of sp³-hybridized carbons (Fsp3) is 0.100. The van der Waals surface area contributed by atoms with Crippen molar-refractivity contribution < 1.29 is 13.9 Å². The van der Waals surface area contributed by atoms with Crippen molar-refractivity contribution in [2.75, 3.05) is 11.9 Å². The summed E-state index contributed by atoms with van der Waals surface area (Å²) in [4.78, 5) is 26.7. The first-order valence-electron chi connectivity index (χ1n) is 8.13. The van der Waals surface area contributed by atoms with E-state index in [4.69, 9.17) is 9.15 Å². The molecule has 0 fully saturated rings. The first-order valence-corrected chi connectivity index (χ1v) is 8.13. The Morgan fingerprint density at radius 2 is 2.04 bits per heavy atom. The maximum Gasteiger partial charge on any atom is 0.336 e. The lowest BCUT2D eigenvalue weighted by Crippen LogP contribution is -2.20. The predicted octanol–water partition coefficient (Wildman–Crippen LogP) is 3.60. The second-order valence-corrected chi connectivity index (χ2v) is 6.02. The van der Waals surface area contributed by atoms with Gasteiger partial charge in [0.1, 0.15) is 11.3 Å². The van der Waals surface area contributed by atoms with Crippen LogP contribution in [0.4, 0.5) is 5.69 Å². The second-order valence-electron chi connectivity index (χ2n) is 6.02. The highest BCUT2D eigenvalue weighted by molar-refractivity contribution is 5.94. The van der Waals surface area contributed by atoms with E-state index in [9.17, 15) is 9.59 Å². The van der Waals surface area contributed by atoms with Gasteiger partial charge in [-0.25, -0.2) is 4.79 Å². The van der Waals surface area contributed by atoms with Gasteiger partial charge in [0.15, 0.2) is 6.61 Å². The summed E-state index contributed by atoms with van der Waals surface area (Å²) in [6.45, 7) is 1.69. The van der Waals surface area contributed by atoms with Gasteiger partial charge in [-0.3, -0.25) is 4.79 Å². The number of amides is 1. The molecule has 0 spiro atoms. The van der Waals surface area contributed by atoms with Gasteiger partial charge in [0.05, 0.1) is 0 Å². The van der Waals surface area contributed by atoms with E-state index in [1.807, 2.05) is 37.4 Å². The number of carbonyl (C=O) groups is 1. The topological polar surface area (TPSA) is 84.3 Å². The fourth-order valence-corrected chi connectivity index (χ4v) is 2.87. The Kier molecular flexibility index (Phi) is 3.93. The third-order valence-corrected chi connectivity index (χ3v) is 4.13. The van der Waals surface area contributed by atoms with E-state index in [1.54, 1.807) is 18.2 Å². The maximum absolute atomic E-state index is 12.1. The molecule has 0 aliphatic heterocycles. The number of hydrogen-bond acceptors (Lipinski definition) is 4. The number of rotatable bonds is 4. The highest BCUT2D eigenvalue weighted by atomic mass is 16.5. The van der Waals surface area contributed by atoms with E-state index >= 15 is 0 Å². The second kappa shape index (κ2) is 6.40. The number of aryl methyl sites for hydroxylation is 1. The SMILES string of the molecule is Cc1cc(=O)oc2cc(OCC(=O)Nc3ccc4cc[nH]c4c3)ccc12. The summed E-state index contributed by atoms with van der Waals surface area (Å²) < 4.78 is 10.7. The van der Waals surface area contributed by atoms with Crippen LogP contribution in [0, 0.1) is 6.92 Å². The molecule has 6 nitrogen and oxygen atoms in total. The van der Waals surface area contributed by atoms with Crippen LogP contribution in [0.1, 0.15) is 5.56 Å². The molecule has 0 radical (unpaired) electrons. The van der Waals surface area contributed by atoms with Crippen LogP contribution in [0.3, 0.4) is 0 Å². The minimum atomic E-state index is -0.412. The molecular formula is C20H16N2O4. The standard InChI is InChI=1S/C20H16N2O4/c1-12-8-20(24)26-18-10-15(4-5-16(12)18)25-11-19(23)22-14-3-2-13-6-7-21-17(13)9-14/h2-10,21H,11H2,1H3,(H,22,23). The molecule has 2 heterocycles. The van der Waals surface area contributed by atoms with E-state index in [1.165, 1.54) is 6.07 Å². The Hall–Kier alpha value is -3.54. The molecule has 0 bridgehead atoms. The minimum Gasteiger partial charge on any atom is -0.484 e. The molecule has 4 aromatic rings. The molecular weight excluding hydrogens is 332 g/mol. The van der Waals surface area contributed by atoms with Crippen molar-refractivity contribution in [3.05, 3.63) is 70.7 Å². The Morgan fingerprint density at radius 1 is 1.15 bits per heavy atom. The van der Waals surface area contributed by atoms with Gasteiger partial charge < -0.3 is 19.5 Å². The number of anilines is 1. The highest BCUT2D eigenvalue weighted by Gasteiger charge is 2.07. The monoisotopic (exact) mass is 348 g/mol. The summed E-state index contributed by atoms with van der Waals surface area (Å²) in [6, 6.07) is 14.2. The van der Waals surface area contributed by atoms with Crippen LogP contribution >= 0.6 is 0 Å². The van der Waals surface area contributed by atoms with Crippen molar-refractivity contribution in [1.29, 1.82) is 0 Å². The van der Waals surface area contributed by atoms with Crippen LogP contribution in [-0.4, -0.2) is 17.5 Å². The number of H-pyrrole nitrogens is 1. The molecule has 0 aliphatic carbocycles. The first-order chi connectivity index (χ1) is 12.6. The number of aromatic nitrogens is 1. The van der Waals surface area contributed by atoms with Crippen molar-refractivity contribution in [3.8, 4) is 5.75 Å². The van der Waals surface area contributed by atoms with E-state index in [0.717, 1.165) is 21.9 Å². The maximum atomic E-state index is 12.1. The zero-order valence-electron chi connectivity index (χ0n) is 14.0. The fourth-order valence-electron chi connectivity index (χ4n) is 2.87. The molecule has 1 amide bonds. The lowest BCUT2D eigenvalue weighted by atomic mass is 10.1. The largest absolute Gasteiger partial charge is 0.484 e. The Bertz CT molecular complexity index is 1170. The Morgan fingerprint density at radius 3 is 2.92 bits per heavy atom. The number of ether oxygens (including phenoxy) is 1. The summed E-state index contributed by atoms with van der Waals surface area (Å²) in [5.74, 6) is 0.183. The van der Waals surface area contributed by atoms with Crippen LogP contribution in [0.5, 0.6) is 5.75 Å². The van der Waals surface area contributed by atoms with Gasteiger partial charge in [0.2, 0.25) is 0 Å². The quantitative estimate of drug-likeness (QED) is 0.552. The number of carbonyl (C=O) groups excluding carboxylic acids is 1. The van der Waals surface area contributed by atoms with Crippen LogP contribution in [-0.2, 0) is 4.79 Å². The van der Waals surface area contributed by atoms with Crippen molar-refractivity contribution in [2.24, 2.45) is 0 Å². The summed E-state index contributed by atoms with van der Waals surface area (Å²) >= 11 is 0. The molecule has 6 heteroatoms. The smallest absolute Gasteiger partial charge is 0.336 e. The summed E-state index contributed by atoms with van der Waals surface area (Å²) in [5, 5.41) is 4.70. The van der Waals surface area contributed by atoms with Gasteiger partial charge in [-0.1, -0.05) is 6.07 Å². The van der Waals surface area contributed by atoms with Gasteiger partial charge in [-0.05, 0) is 48.2 Å². The summed E-state index contributed by atoms with van der Waals surface area (Å²) in [7, 11) is 0. The van der Waals surface area contributed by atoms with Gasteiger partial charge in [0, 0.05) is 34.9 Å². The van der Waals surface area contributed by atoms with Crippen molar-refractivity contribution in [1.82, 2.24) is 4.98 Å². The average molecular weight is 348 g/mol. The summed E-state index contributed by atoms with van der Waals surface area (Å²) in [6.07, 6.45) is 1.85. The Labute approximate surface area is 148 Å². The highest BCUT2D eigenvalue weighted by Crippen LogP contribution is 2.22. The molecule has 130 valence electrons. The molecule has 0 saturated heterocycles. The molecule has 2 N–H and O–H groups in total. The number of benzene rings is 2. The van der Waals surface area contributed by atoms with Gasteiger partial charge >= 0.3 is 5.63 Å². The van der Waals surface area contributed by atoms with Crippen LogP contribution in [0.2, 0.25) is 0 Å². The van der Waals surface area contributed by atoms with Crippen molar-refractivity contribution in [3.63, 3.8) is 0 Å². The zero-order chi connectivity index (χ0) is 18.1. The first kappa shape index (κ1) is 16.0.